The maximum absolute atomic E-state index is 12.6. The largest absolute Gasteiger partial charge is 0.476 e. The maximum atomic E-state index is 12.6. The van der Waals surface area contributed by atoms with Crippen LogP contribution in [0.1, 0.15) is 16.7 Å². The standard InChI is InChI=1S/C21H26N2O4S2/c1-15-8-9-19-18(12-15)23(29(3,25)26)13-20(27-19)21(24)22-10-11-28-14-17-7-5-4-6-16(17)2/h4-9,12,20H,10-11,13-14H2,1-3H3,(H,22,24)/t20-/m1/s1. The lowest BCUT2D eigenvalue weighted by Crippen LogP contribution is -2.50. The van der Waals surface area contributed by atoms with E-state index in [4.69, 9.17) is 4.74 Å². The van der Waals surface area contributed by atoms with E-state index in [1.54, 1.807) is 23.9 Å². The van der Waals surface area contributed by atoms with Crippen molar-refractivity contribution in [3.63, 3.8) is 0 Å². The zero-order valence-electron chi connectivity index (χ0n) is 16.8. The number of sulfonamides is 1. The lowest BCUT2D eigenvalue weighted by Gasteiger charge is -2.34. The van der Waals surface area contributed by atoms with Crippen molar-refractivity contribution in [2.24, 2.45) is 0 Å². The second kappa shape index (κ2) is 9.09. The molecule has 0 spiro atoms. The van der Waals surface area contributed by atoms with E-state index >= 15 is 0 Å². The number of fused-ring (bicyclic) bond motifs is 1. The number of hydrogen-bond acceptors (Lipinski definition) is 5. The molecule has 0 unspecified atom stereocenters. The third-order valence-corrected chi connectivity index (χ3v) is 6.90. The minimum absolute atomic E-state index is 0.0303. The molecule has 3 rings (SSSR count). The van der Waals surface area contributed by atoms with Crippen molar-refractivity contribution in [2.45, 2.75) is 25.7 Å². The highest BCUT2D eigenvalue weighted by molar-refractivity contribution is 7.98. The van der Waals surface area contributed by atoms with Gasteiger partial charge in [-0.3, -0.25) is 9.10 Å². The number of hydrogen-bond donors (Lipinski definition) is 1. The second-order valence-corrected chi connectivity index (χ2v) is 10.2. The smallest absolute Gasteiger partial charge is 0.263 e. The van der Waals surface area contributed by atoms with E-state index in [-0.39, 0.29) is 12.5 Å². The Balaban J connectivity index is 1.56. The number of nitrogens with one attached hydrogen (secondary N) is 1. The van der Waals surface area contributed by atoms with Gasteiger partial charge in [-0.2, -0.15) is 11.8 Å². The summed E-state index contributed by atoms with van der Waals surface area (Å²) in [5.74, 6) is 1.75. The van der Waals surface area contributed by atoms with Crippen LogP contribution in [0.5, 0.6) is 5.75 Å². The first-order valence-corrected chi connectivity index (χ1v) is 12.4. The Labute approximate surface area is 176 Å². The van der Waals surface area contributed by atoms with E-state index in [0.29, 0.717) is 18.0 Å². The van der Waals surface area contributed by atoms with Gasteiger partial charge in [0.2, 0.25) is 10.0 Å². The predicted octanol–water partition coefficient (Wildman–Crippen LogP) is 2.88. The van der Waals surface area contributed by atoms with Crippen LogP contribution in [0.2, 0.25) is 0 Å². The maximum Gasteiger partial charge on any atom is 0.263 e. The SMILES string of the molecule is Cc1ccc2c(c1)N(S(C)(=O)=O)C[C@H](C(=O)NCCSCc1ccccc1C)O2. The van der Waals surface area contributed by atoms with Crippen molar-refractivity contribution in [3.05, 3.63) is 59.2 Å². The lowest BCUT2D eigenvalue weighted by molar-refractivity contribution is -0.127. The fourth-order valence-corrected chi connectivity index (χ4v) is 4.97. The van der Waals surface area contributed by atoms with Gasteiger partial charge in [-0.15, -0.1) is 0 Å². The van der Waals surface area contributed by atoms with Crippen molar-refractivity contribution < 1.29 is 17.9 Å². The van der Waals surface area contributed by atoms with E-state index < -0.39 is 16.1 Å². The van der Waals surface area contributed by atoms with Crippen molar-refractivity contribution in [2.75, 3.05) is 29.4 Å². The molecule has 1 aliphatic heterocycles. The molecule has 2 aromatic carbocycles. The van der Waals surface area contributed by atoms with Crippen LogP contribution in [-0.4, -0.2) is 45.5 Å². The highest BCUT2D eigenvalue weighted by Gasteiger charge is 2.34. The number of benzene rings is 2. The third kappa shape index (κ3) is 5.45. The molecule has 0 saturated carbocycles. The Kier molecular flexibility index (Phi) is 6.74. The molecular formula is C21H26N2O4S2. The van der Waals surface area contributed by atoms with Crippen molar-refractivity contribution in [3.8, 4) is 5.75 Å². The fourth-order valence-electron chi connectivity index (χ4n) is 3.13. The summed E-state index contributed by atoms with van der Waals surface area (Å²) in [6, 6.07) is 13.5. The number of amides is 1. The van der Waals surface area contributed by atoms with E-state index in [0.717, 1.165) is 23.3 Å². The molecule has 2 aromatic rings. The number of carbonyl (C=O) groups is 1. The summed E-state index contributed by atoms with van der Waals surface area (Å²) >= 11 is 1.74. The Bertz CT molecular complexity index is 992. The summed E-state index contributed by atoms with van der Waals surface area (Å²) in [5, 5.41) is 2.86. The number of anilines is 1. The molecule has 1 N–H and O–H groups in total. The van der Waals surface area contributed by atoms with Crippen LogP contribution >= 0.6 is 11.8 Å². The number of rotatable bonds is 7. The topological polar surface area (TPSA) is 75.7 Å². The van der Waals surface area contributed by atoms with Gasteiger partial charge in [0, 0.05) is 18.1 Å². The first-order chi connectivity index (χ1) is 13.8. The summed E-state index contributed by atoms with van der Waals surface area (Å²) in [7, 11) is -3.52. The summed E-state index contributed by atoms with van der Waals surface area (Å²) in [5.41, 5.74) is 3.95. The zero-order chi connectivity index (χ0) is 21.0. The molecule has 8 heteroatoms. The van der Waals surface area contributed by atoms with E-state index in [1.165, 1.54) is 15.4 Å². The molecule has 1 aliphatic rings. The Morgan fingerprint density at radius 3 is 2.72 bits per heavy atom. The predicted molar refractivity (Wildman–Crippen MR) is 118 cm³/mol. The van der Waals surface area contributed by atoms with Crippen LogP contribution in [0.4, 0.5) is 5.69 Å². The minimum Gasteiger partial charge on any atom is -0.476 e. The van der Waals surface area contributed by atoms with E-state index in [9.17, 15) is 13.2 Å². The molecule has 156 valence electrons. The van der Waals surface area contributed by atoms with Gasteiger partial charge in [-0.1, -0.05) is 30.3 Å². The summed E-state index contributed by atoms with van der Waals surface area (Å²) in [4.78, 5) is 12.6. The van der Waals surface area contributed by atoms with Crippen molar-refractivity contribution in [1.29, 1.82) is 0 Å². The van der Waals surface area contributed by atoms with Gasteiger partial charge in [0.05, 0.1) is 18.5 Å². The van der Waals surface area contributed by atoms with Crippen LogP contribution in [0.3, 0.4) is 0 Å². The molecular weight excluding hydrogens is 408 g/mol. The number of nitrogens with zero attached hydrogens (tertiary/aromatic N) is 1. The van der Waals surface area contributed by atoms with Gasteiger partial charge in [-0.05, 0) is 42.7 Å². The molecule has 0 fully saturated rings. The molecule has 0 bridgehead atoms. The molecule has 29 heavy (non-hydrogen) atoms. The summed E-state index contributed by atoms with van der Waals surface area (Å²) in [6.45, 7) is 4.44. The fraction of sp³-hybridized carbons (Fsp3) is 0.381. The van der Waals surface area contributed by atoms with Gasteiger partial charge >= 0.3 is 0 Å². The highest BCUT2D eigenvalue weighted by atomic mass is 32.2. The molecule has 1 amide bonds. The van der Waals surface area contributed by atoms with Crippen LogP contribution in [0.25, 0.3) is 0 Å². The third-order valence-electron chi connectivity index (χ3n) is 4.74. The molecule has 0 radical (unpaired) electrons. The van der Waals surface area contributed by atoms with Crippen LogP contribution < -0.4 is 14.4 Å². The summed E-state index contributed by atoms with van der Waals surface area (Å²) < 4.78 is 31.5. The number of carbonyl (C=O) groups excluding carboxylic acids is 1. The average Bonchev–Trinajstić information content (AvgIpc) is 2.67. The van der Waals surface area contributed by atoms with Gasteiger partial charge < -0.3 is 10.1 Å². The van der Waals surface area contributed by atoms with E-state index in [2.05, 4.69) is 24.4 Å². The molecule has 0 aliphatic carbocycles. The number of aryl methyl sites for hydroxylation is 2. The quantitative estimate of drug-likeness (QED) is 0.678. The zero-order valence-corrected chi connectivity index (χ0v) is 18.5. The van der Waals surface area contributed by atoms with E-state index in [1.807, 2.05) is 25.1 Å². The van der Waals surface area contributed by atoms with Gasteiger partial charge in [0.1, 0.15) is 5.75 Å². The second-order valence-electron chi connectivity index (χ2n) is 7.14. The first kappa shape index (κ1) is 21.5. The molecule has 1 atom stereocenters. The molecule has 1 heterocycles. The van der Waals surface area contributed by atoms with Gasteiger partial charge in [-0.25, -0.2) is 8.42 Å². The van der Waals surface area contributed by atoms with Crippen LogP contribution in [0.15, 0.2) is 42.5 Å². The molecule has 6 nitrogen and oxygen atoms in total. The minimum atomic E-state index is -3.52. The molecule has 0 aromatic heterocycles. The Hall–Kier alpha value is -2.19. The normalized spacial score (nSPS) is 16.1. The summed E-state index contributed by atoms with van der Waals surface area (Å²) in [6.07, 6.45) is 0.267. The Morgan fingerprint density at radius 2 is 2.00 bits per heavy atom. The number of ether oxygens (including phenoxy) is 1. The Morgan fingerprint density at radius 1 is 1.24 bits per heavy atom. The number of thioether (sulfide) groups is 1. The molecule has 0 saturated heterocycles. The van der Waals surface area contributed by atoms with Crippen molar-refractivity contribution >= 4 is 33.4 Å². The highest BCUT2D eigenvalue weighted by Crippen LogP contribution is 2.35. The van der Waals surface area contributed by atoms with Gasteiger partial charge in [0.25, 0.3) is 5.91 Å². The van der Waals surface area contributed by atoms with Crippen molar-refractivity contribution in [1.82, 2.24) is 5.32 Å². The van der Waals surface area contributed by atoms with Crippen LogP contribution in [-0.2, 0) is 20.6 Å². The average molecular weight is 435 g/mol. The lowest BCUT2D eigenvalue weighted by atomic mass is 10.1. The van der Waals surface area contributed by atoms with Crippen LogP contribution in [0, 0.1) is 13.8 Å². The first-order valence-electron chi connectivity index (χ1n) is 9.40. The monoisotopic (exact) mass is 434 g/mol. The van der Waals surface area contributed by atoms with Gasteiger partial charge in [0.15, 0.2) is 6.10 Å².